The van der Waals surface area contributed by atoms with Gasteiger partial charge in [0.05, 0.1) is 17.2 Å². The highest BCUT2D eigenvalue weighted by Gasteiger charge is 2.43. The molecule has 2 heterocycles. The molecule has 2 unspecified atom stereocenters. The zero-order valence-electron chi connectivity index (χ0n) is 23.9. The molecule has 39 heavy (non-hydrogen) atoms. The summed E-state index contributed by atoms with van der Waals surface area (Å²) in [6.45, 7) is 9.09. The van der Waals surface area contributed by atoms with E-state index in [0.717, 1.165) is 18.5 Å². The van der Waals surface area contributed by atoms with E-state index in [1.807, 2.05) is 23.1 Å². The van der Waals surface area contributed by atoms with Crippen molar-refractivity contribution in [1.82, 2.24) is 10.6 Å². The van der Waals surface area contributed by atoms with Gasteiger partial charge in [0.1, 0.15) is 5.75 Å². The first-order valence-electron chi connectivity index (χ1n) is 14.1. The summed E-state index contributed by atoms with van der Waals surface area (Å²) in [5.41, 5.74) is -0.450. The summed E-state index contributed by atoms with van der Waals surface area (Å²) in [4.78, 5) is 43.2. The largest absolute Gasteiger partial charge is 0.476 e. The smallest absolute Gasteiger partial charge is 0.270 e. The van der Waals surface area contributed by atoms with Gasteiger partial charge in [-0.3, -0.25) is 14.4 Å². The SMILES string of the molecule is COCCCN1C(=O)C(C)(C)Oc2ccc(N(C(=O)C3CNCC(NC(=O)CCC(C)(C)O)C3)C3CC3)cc21. The normalized spacial score (nSPS) is 22.6. The maximum Gasteiger partial charge on any atom is 0.270 e. The van der Waals surface area contributed by atoms with Crippen molar-refractivity contribution in [3.05, 3.63) is 18.2 Å². The lowest BCUT2D eigenvalue weighted by Crippen LogP contribution is -2.53. The van der Waals surface area contributed by atoms with Gasteiger partial charge in [-0.15, -0.1) is 0 Å². The van der Waals surface area contributed by atoms with Crippen LogP contribution >= 0.6 is 0 Å². The molecule has 1 saturated carbocycles. The number of aliphatic hydroxyl groups is 1. The molecule has 1 aromatic rings. The molecule has 2 fully saturated rings. The summed E-state index contributed by atoms with van der Waals surface area (Å²) in [7, 11) is 1.64. The second-order valence-corrected chi connectivity index (χ2v) is 12.2. The van der Waals surface area contributed by atoms with Crippen LogP contribution in [0.15, 0.2) is 18.2 Å². The minimum atomic E-state index is -0.978. The quantitative estimate of drug-likeness (QED) is 0.366. The number of hydrogen-bond donors (Lipinski definition) is 3. The van der Waals surface area contributed by atoms with Crippen LogP contribution in [0.3, 0.4) is 0 Å². The average molecular weight is 545 g/mol. The summed E-state index contributed by atoms with van der Waals surface area (Å²) in [5.74, 6) is 0.121. The number of ether oxygens (including phenoxy) is 2. The lowest BCUT2D eigenvalue weighted by molar-refractivity contribution is -0.132. The lowest BCUT2D eigenvalue weighted by atomic mass is 9.93. The molecule has 10 nitrogen and oxygen atoms in total. The summed E-state index contributed by atoms with van der Waals surface area (Å²) < 4.78 is 11.3. The Balaban J connectivity index is 1.50. The van der Waals surface area contributed by atoms with E-state index in [0.29, 0.717) is 56.9 Å². The van der Waals surface area contributed by atoms with Gasteiger partial charge < -0.3 is 35.0 Å². The maximum atomic E-state index is 13.9. The fraction of sp³-hybridized carbons (Fsp3) is 0.690. The fourth-order valence-electron chi connectivity index (χ4n) is 5.30. The van der Waals surface area contributed by atoms with Crippen molar-refractivity contribution < 1.29 is 29.0 Å². The number of anilines is 2. The topological polar surface area (TPSA) is 120 Å². The van der Waals surface area contributed by atoms with E-state index in [2.05, 4.69) is 10.6 Å². The number of carbonyl (C=O) groups excluding carboxylic acids is 3. The Kier molecular flexibility index (Phi) is 8.88. The van der Waals surface area contributed by atoms with E-state index in [-0.39, 0.29) is 42.1 Å². The number of amides is 3. The second-order valence-electron chi connectivity index (χ2n) is 12.2. The van der Waals surface area contributed by atoms with Gasteiger partial charge in [-0.25, -0.2) is 0 Å². The highest BCUT2D eigenvalue weighted by molar-refractivity contribution is 6.04. The minimum Gasteiger partial charge on any atom is -0.476 e. The Morgan fingerprint density at radius 2 is 2.03 bits per heavy atom. The number of nitrogens with one attached hydrogen (secondary N) is 2. The average Bonchev–Trinajstić information content (AvgIpc) is 3.70. The molecule has 3 N–H and O–H groups in total. The van der Waals surface area contributed by atoms with Crippen molar-refractivity contribution in [3.8, 4) is 5.75 Å². The summed E-state index contributed by atoms with van der Waals surface area (Å²) >= 11 is 0. The highest BCUT2D eigenvalue weighted by Crippen LogP contribution is 2.42. The Morgan fingerprint density at radius 1 is 1.28 bits per heavy atom. The Labute approximate surface area is 231 Å². The van der Waals surface area contributed by atoms with Crippen LogP contribution in [0.2, 0.25) is 0 Å². The Hall–Kier alpha value is -2.69. The molecule has 0 spiro atoms. The number of hydrogen-bond acceptors (Lipinski definition) is 7. The highest BCUT2D eigenvalue weighted by atomic mass is 16.5. The van der Waals surface area contributed by atoms with Crippen molar-refractivity contribution in [1.29, 1.82) is 0 Å². The van der Waals surface area contributed by atoms with Crippen LogP contribution in [0.25, 0.3) is 0 Å². The van der Waals surface area contributed by atoms with E-state index in [4.69, 9.17) is 9.47 Å². The molecule has 1 saturated heterocycles. The van der Waals surface area contributed by atoms with Gasteiger partial charge in [0.2, 0.25) is 11.8 Å². The number of methoxy groups -OCH3 is 1. The van der Waals surface area contributed by atoms with Gasteiger partial charge in [0, 0.05) is 57.5 Å². The number of rotatable bonds is 11. The molecule has 0 radical (unpaired) electrons. The monoisotopic (exact) mass is 544 g/mol. The zero-order valence-corrected chi connectivity index (χ0v) is 23.9. The van der Waals surface area contributed by atoms with Crippen molar-refractivity contribution in [2.45, 2.75) is 89.5 Å². The summed E-state index contributed by atoms with van der Waals surface area (Å²) in [5, 5.41) is 16.3. The molecule has 3 amide bonds. The first-order valence-corrected chi connectivity index (χ1v) is 14.1. The van der Waals surface area contributed by atoms with Crippen LogP contribution in [0.5, 0.6) is 5.75 Å². The van der Waals surface area contributed by atoms with Crippen molar-refractivity contribution in [3.63, 3.8) is 0 Å². The fourth-order valence-corrected chi connectivity index (χ4v) is 5.30. The maximum absolute atomic E-state index is 13.9. The van der Waals surface area contributed by atoms with Crippen LogP contribution in [-0.2, 0) is 19.1 Å². The first-order chi connectivity index (χ1) is 18.4. The van der Waals surface area contributed by atoms with E-state index >= 15 is 0 Å². The molecule has 1 aromatic carbocycles. The lowest BCUT2D eigenvalue weighted by Gasteiger charge is -2.40. The van der Waals surface area contributed by atoms with Crippen molar-refractivity contribution in [2.24, 2.45) is 5.92 Å². The third-order valence-electron chi connectivity index (χ3n) is 7.55. The zero-order chi connectivity index (χ0) is 28.4. The van der Waals surface area contributed by atoms with Crippen LogP contribution in [-0.4, -0.2) is 79.5 Å². The molecule has 3 aliphatic rings. The molecular weight excluding hydrogens is 500 g/mol. The number of carbonyl (C=O) groups is 3. The number of fused-ring (bicyclic) bond motifs is 1. The van der Waals surface area contributed by atoms with Crippen LogP contribution in [0, 0.1) is 5.92 Å². The number of nitrogens with zero attached hydrogens (tertiary/aromatic N) is 2. The molecule has 2 atom stereocenters. The third-order valence-corrected chi connectivity index (χ3v) is 7.55. The molecule has 216 valence electrons. The molecule has 10 heteroatoms. The van der Waals surface area contributed by atoms with E-state index in [9.17, 15) is 19.5 Å². The van der Waals surface area contributed by atoms with E-state index in [1.54, 1.807) is 39.7 Å². The summed E-state index contributed by atoms with van der Waals surface area (Å²) in [6, 6.07) is 5.63. The molecular formula is C29H44N4O6. The standard InChI is InChI=1S/C29H44N4O6/c1-28(2,37)12-11-25(34)31-20-15-19(17-30-18-20)26(35)33(21-7-8-21)22-9-10-24-23(16-22)32(13-6-14-38-5)27(36)29(3,4)39-24/h9-10,16,19-21,30,37H,6-8,11-15,17-18H2,1-5H3,(H,31,34). The predicted octanol–water partition coefficient (Wildman–Crippen LogP) is 2.37. The molecule has 0 aromatic heterocycles. The molecule has 4 rings (SSSR count). The number of benzene rings is 1. The van der Waals surface area contributed by atoms with Crippen molar-refractivity contribution >= 4 is 29.1 Å². The molecule has 1 aliphatic carbocycles. The van der Waals surface area contributed by atoms with Gasteiger partial charge in [0.15, 0.2) is 5.60 Å². The van der Waals surface area contributed by atoms with Crippen LogP contribution < -0.4 is 25.2 Å². The third kappa shape index (κ3) is 7.29. The van der Waals surface area contributed by atoms with Crippen LogP contribution in [0.1, 0.15) is 66.2 Å². The van der Waals surface area contributed by atoms with Crippen LogP contribution in [0.4, 0.5) is 11.4 Å². The van der Waals surface area contributed by atoms with Gasteiger partial charge in [-0.2, -0.15) is 0 Å². The Morgan fingerprint density at radius 3 is 2.69 bits per heavy atom. The van der Waals surface area contributed by atoms with Gasteiger partial charge >= 0.3 is 0 Å². The van der Waals surface area contributed by atoms with E-state index in [1.165, 1.54) is 0 Å². The van der Waals surface area contributed by atoms with Gasteiger partial charge in [0.25, 0.3) is 5.91 Å². The first kappa shape index (κ1) is 29.3. The summed E-state index contributed by atoms with van der Waals surface area (Å²) in [6.07, 6.45) is 3.71. The van der Waals surface area contributed by atoms with Crippen molar-refractivity contribution in [2.75, 3.05) is 43.2 Å². The molecule has 0 bridgehead atoms. The Bertz CT molecular complexity index is 1060. The number of piperidine rings is 1. The minimum absolute atomic E-state index is 0.0229. The van der Waals surface area contributed by atoms with Gasteiger partial charge in [-0.1, -0.05) is 0 Å². The van der Waals surface area contributed by atoms with Gasteiger partial charge in [-0.05, 0) is 78.0 Å². The molecule has 2 aliphatic heterocycles. The van der Waals surface area contributed by atoms with E-state index < -0.39 is 11.2 Å². The predicted molar refractivity (Wildman–Crippen MR) is 149 cm³/mol. The second kappa shape index (κ2) is 11.8.